The number of ether oxygens (including phenoxy) is 1. The second kappa shape index (κ2) is 11.6. The van der Waals surface area contributed by atoms with Crippen LogP contribution in [0.2, 0.25) is 0 Å². The number of para-hydroxylation sites is 1. The third kappa shape index (κ3) is 6.47. The zero-order valence-electron chi connectivity index (χ0n) is 17.4. The number of hydrogen-bond donors (Lipinski definition) is 3. The van der Waals surface area contributed by atoms with E-state index in [1.165, 1.54) is 0 Å². The van der Waals surface area contributed by atoms with Crippen LogP contribution in [-0.4, -0.2) is 32.0 Å². The fraction of sp³-hybridized carbons (Fsp3) is 0.391. The molecule has 6 nitrogen and oxygen atoms in total. The molecule has 2 aromatic carbocycles. The van der Waals surface area contributed by atoms with E-state index in [0.717, 1.165) is 25.9 Å². The van der Waals surface area contributed by atoms with Crippen molar-refractivity contribution in [2.45, 2.75) is 26.2 Å². The third-order valence-electron chi connectivity index (χ3n) is 5.47. The van der Waals surface area contributed by atoms with E-state index in [0.29, 0.717) is 40.9 Å². The number of hydrogen-bond acceptors (Lipinski definition) is 4. The van der Waals surface area contributed by atoms with Gasteiger partial charge in [-0.15, -0.1) is 12.4 Å². The van der Waals surface area contributed by atoms with Gasteiger partial charge >= 0.3 is 0 Å². The van der Waals surface area contributed by atoms with Crippen molar-refractivity contribution in [3.8, 4) is 5.75 Å². The number of amides is 2. The second-order valence-electron chi connectivity index (χ2n) is 7.55. The Morgan fingerprint density at radius 2 is 1.83 bits per heavy atom. The summed E-state index contributed by atoms with van der Waals surface area (Å²) in [5, 5.41) is 9.15. The molecule has 1 heterocycles. The van der Waals surface area contributed by atoms with E-state index in [2.05, 4.69) is 22.9 Å². The Morgan fingerprint density at radius 1 is 1.10 bits per heavy atom. The van der Waals surface area contributed by atoms with Crippen molar-refractivity contribution in [2.24, 2.45) is 11.8 Å². The minimum absolute atomic E-state index is 0. The van der Waals surface area contributed by atoms with Gasteiger partial charge in [0.2, 0.25) is 5.91 Å². The summed E-state index contributed by atoms with van der Waals surface area (Å²) in [5.41, 5.74) is 1.59. The summed E-state index contributed by atoms with van der Waals surface area (Å²) in [6.07, 6.45) is 2.67. The molecule has 1 aliphatic rings. The molecule has 0 spiro atoms. The van der Waals surface area contributed by atoms with Crippen molar-refractivity contribution in [3.63, 3.8) is 0 Å². The average Bonchev–Trinajstić information content (AvgIpc) is 2.74. The fourth-order valence-electron chi connectivity index (χ4n) is 3.76. The number of piperidine rings is 1. The maximum absolute atomic E-state index is 12.8. The van der Waals surface area contributed by atoms with E-state index in [9.17, 15) is 9.59 Å². The van der Waals surface area contributed by atoms with Crippen LogP contribution in [0.4, 0.5) is 11.4 Å². The highest BCUT2D eigenvalue weighted by Crippen LogP contribution is 2.25. The quantitative estimate of drug-likeness (QED) is 0.609. The van der Waals surface area contributed by atoms with Crippen molar-refractivity contribution < 1.29 is 14.3 Å². The molecule has 0 saturated carbocycles. The number of rotatable bonds is 7. The lowest BCUT2D eigenvalue weighted by Crippen LogP contribution is -2.32. The molecule has 1 aliphatic heterocycles. The summed E-state index contributed by atoms with van der Waals surface area (Å²) in [5.74, 6) is 1.21. The van der Waals surface area contributed by atoms with Gasteiger partial charge in [0.15, 0.2) is 0 Å². The molecule has 0 aromatic heterocycles. The van der Waals surface area contributed by atoms with Crippen molar-refractivity contribution in [1.29, 1.82) is 0 Å². The monoisotopic (exact) mass is 431 g/mol. The van der Waals surface area contributed by atoms with Crippen LogP contribution in [0.25, 0.3) is 0 Å². The summed E-state index contributed by atoms with van der Waals surface area (Å²) >= 11 is 0. The van der Waals surface area contributed by atoms with Gasteiger partial charge in [0, 0.05) is 18.2 Å². The smallest absolute Gasteiger partial charge is 0.257 e. The largest absolute Gasteiger partial charge is 0.497 e. The highest BCUT2D eigenvalue weighted by atomic mass is 35.5. The fourth-order valence-corrected chi connectivity index (χ4v) is 3.76. The Kier molecular flexibility index (Phi) is 9.15. The van der Waals surface area contributed by atoms with Gasteiger partial charge in [-0.3, -0.25) is 9.59 Å². The summed E-state index contributed by atoms with van der Waals surface area (Å²) in [7, 11) is 1.58. The SMILES string of the molecule is COc1cccc(NC(=O)c2ccccc2NC(=O)CC(C)C2CCNCC2)c1.Cl. The van der Waals surface area contributed by atoms with Crippen LogP contribution in [0, 0.1) is 11.8 Å². The van der Waals surface area contributed by atoms with E-state index in [1.807, 2.05) is 18.2 Å². The summed E-state index contributed by atoms with van der Waals surface area (Å²) in [6, 6.07) is 14.2. The molecule has 1 saturated heterocycles. The summed E-state index contributed by atoms with van der Waals surface area (Å²) in [4.78, 5) is 25.4. The Hall–Kier alpha value is -2.57. The summed E-state index contributed by atoms with van der Waals surface area (Å²) < 4.78 is 5.19. The molecule has 30 heavy (non-hydrogen) atoms. The number of nitrogens with one attached hydrogen (secondary N) is 3. The van der Waals surface area contributed by atoms with Crippen molar-refractivity contribution in [3.05, 3.63) is 54.1 Å². The molecule has 162 valence electrons. The van der Waals surface area contributed by atoms with Crippen LogP contribution in [0.15, 0.2) is 48.5 Å². The molecule has 1 unspecified atom stereocenters. The van der Waals surface area contributed by atoms with E-state index >= 15 is 0 Å². The summed E-state index contributed by atoms with van der Waals surface area (Å²) in [6.45, 7) is 4.17. The normalized spacial score (nSPS) is 14.9. The minimum atomic E-state index is -0.277. The first-order valence-electron chi connectivity index (χ1n) is 10.1. The van der Waals surface area contributed by atoms with Gasteiger partial charge < -0.3 is 20.7 Å². The van der Waals surface area contributed by atoms with Crippen LogP contribution in [0.1, 0.15) is 36.5 Å². The Balaban J connectivity index is 0.00000320. The van der Waals surface area contributed by atoms with Gasteiger partial charge in [-0.1, -0.05) is 25.1 Å². The van der Waals surface area contributed by atoms with Crippen LogP contribution < -0.4 is 20.7 Å². The number of anilines is 2. The first kappa shape index (κ1) is 23.7. The third-order valence-corrected chi connectivity index (χ3v) is 5.47. The van der Waals surface area contributed by atoms with E-state index < -0.39 is 0 Å². The number of carbonyl (C=O) groups is 2. The molecule has 2 aromatic rings. The van der Waals surface area contributed by atoms with Crippen molar-refractivity contribution in [1.82, 2.24) is 5.32 Å². The first-order valence-corrected chi connectivity index (χ1v) is 10.1. The number of methoxy groups -OCH3 is 1. The van der Waals surface area contributed by atoms with Crippen LogP contribution >= 0.6 is 12.4 Å². The predicted octanol–water partition coefficient (Wildman–Crippen LogP) is 4.33. The van der Waals surface area contributed by atoms with Gasteiger partial charge in [-0.05, 0) is 62.0 Å². The lowest BCUT2D eigenvalue weighted by atomic mass is 9.84. The average molecular weight is 432 g/mol. The number of benzene rings is 2. The Morgan fingerprint density at radius 3 is 2.57 bits per heavy atom. The minimum Gasteiger partial charge on any atom is -0.497 e. The molecule has 3 rings (SSSR count). The first-order chi connectivity index (χ1) is 14.1. The standard InChI is InChI=1S/C23H29N3O3.ClH/c1-16(17-10-12-24-13-11-17)14-22(27)26-21-9-4-3-8-20(21)23(28)25-18-6-5-7-19(15-18)29-2;/h3-9,15-17,24H,10-14H2,1-2H3,(H,25,28)(H,26,27);1H. The highest BCUT2D eigenvalue weighted by molar-refractivity contribution is 6.10. The van der Waals surface area contributed by atoms with E-state index in [4.69, 9.17) is 4.74 Å². The molecular weight excluding hydrogens is 402 g/mol. The van der Waals surface area contributed by atoms with Gasteiger partial charge in [-0.25, -0.2) is 0 Å². The van der Waals surface area contributed by atoms with Gasteiger partial charge in [0.1, 0.15) is 5.75 Å². The second-order valence-corrected chi connectivity index (χ2v) is 7.55. The zero-order chi connectivity index (χ0) is 20.6. The lowest BCUT2D eigenvalue weighted by Gasteiger charge is -2.28. The molecule has 2 amide bonds. The molecule has 1 fully saturated rings. The molecule has 0 radical (unpaired) electrons. The maximum atomic E-state index is 12.8. The topological polar surface area (TPSA) is 79.5 Å². The van der Waals surface area contributed by atoms with Crippen LogP contribution in [0.5, 0.6) is 5.75 Å². The molecule has 0 aliphatic carbocycles. The molecule has 1 atom stereocenters. The van der Waals surface area contributed by atoms with Crippen LogP contribution in [0.3, 0.4) is 0 Å². The number of carbonyl (C=O) groups excluding carboxylic acids is 2. The van der Waals surface area contributed by atoms with Crippen LogP contribution in [-0.2, 0) is 4.79 Å². The Bertz CT molecular complexity index is 853. The molecule has 7 heteroatoms. The van der Waals surface area contributed by atoms with Gasteiger partial charge in [0.05, 0.1) is 18.4 Å². The molecular formula is C23H30ClN3O3. The zero-order valence-corrected chi connectivity index (χ0v) is 18.3. The van der Waals surface area contributed by atoms with E-state index in [1.54, 1.807) is 37.4 Å². The number of halogens is 1. The molecule has 0 bridgehead atoms. The lowest BCUT2D eigenvalue weighted by molar-refractivity contribution is -0.117. The van der Waals surface area contributed by atoms with Gasteiger partial charge in [0.25, 0.3) is 5.91 Å². The Labute approximate surface area is 184 Å². The van der Waals surface area contributed by atoms with Crippen molar-refractivity contribution >= 4 is 35.6 Å². The maximum Gasteiger partial charge on any atom is 0.257 e. The van der Waals surface area contributed by atoms with Gasteiger partial charge in [-0.2, -0.15) is 0 Å². The van der Waals surface area contributed by atoms with E-state index in [-0.39, 0.29) is 24.2 Å². The highest BCUT2D eigenvalue weighted by Gasteiger charge is 2.22. The molecule has 3 N–H and O–H groups in total. The predicted molar refractivity (Wildman–Crippen MR) is 123 cm³/mol. The van der Waals surface area contributed by atoms with Crippen molar-refractivity contribution in [2.75, 3.05) is 30.8 Å².